The molecular weight excluding hydrogens is 304 g/mol. The summed E-state index contributed by atoms with van der Waals surface area (Å²) >= 11 is 0. The SMILES string of the molecule is CC(=O)OCCOCCOc1ccc2cc3ccccc3cc2c1. The first-order chi connectivity index (χ1) is 11.7. The molecule has 0 unspecified atom stereocenters. The fourth-order valence-corrected chi connectivity index (χ4v) is 2.57. The van der Waals surface area contributed by atoms with Crippen LogP contribution in [-0.2, 0) is 14.3 Å². The summed E-state index contributed by atoms with van der Waals surface area (Å²) < 4.78 is 15.9. The van der Waals surface area contributed by atoms with Crippen LogP contribution in [-0.4, -0.2) is 32.4 Å². The molecule has 0 fully saturated rings. The molecule has 0 saturated heterocycles. The van der Waals surface area contributed by atoms with E-state index in [1.807, 2.05) is 24.3 Å². The van der Waals surface area contributed by atoms with Crippen LogP contribution >= 0.6 is 0 Å². The third-order valence-electron chi connectivity index (χ3n) is 3.71. The van der Waals surface area contributed by atoms with E-state index in [2.05, 4.69) is 30.3 Å². The molecular formula is C20H20O4. The van der Waals surface area contributed by atoms with Gasteiger partial charge in [0.05, 0.1) is 13.2 Å². The minimum absolute atomic E-state index is 0.276. The lowest BCUT2D eigenvalue weighted by atomic mass is 10.0. The molecule has 0 heterocycles. The Hall–Kier alpha value is -2.59. The molecule has 4 heteroatoms. The summed E-state index contributed by atoms with van der Waals surface area (Å²) in [5, 5.41) is 4.80. The van der Waals surface area contributed by atoms with Gasteiger partial charge in [-0.3, -0.25) is 4.79 Å². The summed E-state index contributed by atoms with van der Waals surface area (Å²) in [6.45, 7) is 2.95. The molecule has 0 radical (unpaired) electrons. The van der Waals surface area contributed by atoms with Crippen molar-refractivity contribution in [1.82, 2.24) is 0 Å². The van der Waals surface area contributed by atoms with Gasteiger partial charge in [-0.15, -0.1) is 0 Å². The minimum Gasteiger partial charge on any atom is -0.491 e. The van der Waals surface area contributed by atoms with Gasteiger partial charge in [0.15, 0.2) is 0 Å². The molecule has 0 saturated carbocycles. The number of esters is 1. The van der Waals surface area contributed by atoms with Crippen molar-refractivity contribution in [2.75, 3.05) is 26.4 Å². The summed E-state index contributed by atoms with van der Waals surface area (Å²) in [5.41, 5.74) is 0. The molecule has 0 bridgehead atoms. The van der Waals surface area contributed by atoms with Gasteiger partial charge in [-0.05, 0) is 45.8 Å². The summed E-state index contributed by atoms with van der Waals surface area (Å²) in [7, 11) is 0. The Morgan fingerprint density at radius 1 is 0.792 bits per heavy atom. The van der Waals surface area contributed by atoms with Crippen LogP contribution in [0.15, 0.2) is 54.6 Å². The van der Waals surface area contributed by atoms with Gasteiger partial charge in [0.2, 0.25) is 0 Å². The number of hydrogen-bond donors (Lipinski definition) is 0. The second kappa shape index (κ2) is 7.79. The Morgan fingerprint density at radius 3 is 2.21 bits per heavy atom. The number of rotatable bonds is 7. The van der Waals surface area contributed by atoms with E-state index in [-0.39, 0.29) is 12.6 Å². The Bertz CT molecular complexity index is 841. The molecule has 0 aliphatic rings. The number of ether oxygens (including phenoxy) is 3. The van der Waals surface area contributed by atoms with Crippen molar-refractivity contribution in [2.24, 2.45) is 0 Å². The lowest BCUT2D eigenvalue weighted by Crippen LogP contribution is -2.12. The largest absolute Gasteiger partial charge is 0.491 e. The van der Waals surface area contributed by atoms with Crippen LogP contribution in [0.2, 0.25) is 0 Å². The quantitative estimate of drug-likeness (QED) is 0.375. The van der Waals surface area contributed by atoms with Crippen molar-refractivity contribution in [3.05, 3.63) is 54.6 Å². The van der Waals surface area contributed by atoms with Crippen molar-refractivity contribution < 1.29 is 19.0 Å². The van der Waals surface area contributed by atoms with Crippen molar-refractivity contribution >= 4 is 27.5 Å². The average molecular weight is 324 g/mol. The molecule has 3 aromatic carbocycles. The maximum atomic E-state index is 10.6. The second-order valence-corrected chi connectivity index (χ2v) is 5.51. The molecule has 124 valence electrons. The van der Waals surface area contributed by atoms with Crippen LogP contribution in [0, 0.1) is 0 Å². The van der Waals surface area contributed by atoms with Gasteiger partial charge in [0, 0.05) is 6.92 Å². The van der Waals surface area contributed by atoms with Gasteiger partial charge >= 0.3 is 5.97 Å². The van der Waals surface area contributed by atoms with Gasteiger partial charge in [0.25, 0.3) is 0 Å². The molecule has 0 aromatic heterocycles. The average Bonchev–Trinajstić information content (AvgIpc) is 2.58. The Balaban J connectivity index is 1.55. The molecule has 3 aromatic rings. The Kier molecular flexibility index (Phi) is 5.29. The van der Waals surface area contributed by atoms with Crippen LogP contribution in [0.4, 0.5) is 0 Å². The Morgan fingerprint density at radius 2 is 1.46 bits per heavy atom. The molecule has 0 aliphatic carbocycles. The first-order valence-electron chi connectivity index (χ1n) is 7.99. The molecule has 24 heavy (non-hydrogen) atoms. The highest BCUT2D eigenvalue weighted by Crippen LogP contribution is 2.26. The first kappa shape index (κ1) is 16.3. The zero-order valence-electron chi connectivity index (χ0n) is 13.7. The number of hydrogen-bond acceptors (Lipinski definition) is 4. The molecule has 3 rings (SSSR count). The number of carbonyl (C=O) groups excluding carboxylic acids is 1. The molecule has 4 nitrogen and oxygen atoms in total. The predicted molar refractivity (Wildman–Crippen MR) is 94.4 cm³/mol. The van der Waals surface area contributed by atoms with Crippen LogP contribution in [0.25, 0.3) is 21.5 Å². The normalized spacial score (nSPS) is 10.9. The number of fused-ring (bicyclic) bond motifs is 2. The summed E-state index contributed by atoms with van der Waals surface area (Å²) in [4.78, 5) is 10.6. The smallest absolute Gasteiger partial charge is 0.302 e. The molecule has 0 amide bonds. The number of carbonyl (C=O) groups is 1. The zero-order chi connectivity index (χ0) is 16.8. The summed E-state index contributed by atoms with van der Waals surface area (Å²) in [6, 6.07) is 18.8. The van der Waals surface area contributed by atoms with E-state index in [0.29, 0.717) is 19.8 Å². The van der Waals surface area contributed by atoms with E-state index >= 15 is 0 Å². The fourth-order valence-electron chi connectivity index (χ4n) is 2.57. The lowest BCUT2D eigenvalue weighted by Gasteiger charge is -2.09. The van der Waals surface area contributed by atoms with Crippen molar-refractivity contribution in [3.8, 4) is 5.75 Å². The fraction of sp³-hybridized carbons (Fsp3) is 0.250. The summed E-state index contributed by atoms with van der Waals surface area (Å²) in [6.07, 6.45) is 0. The van der Waals surface area contributed by atoms with Crippen molar-refractivity contribution in [2.45, 2.75) is 6.92 Å². The Labute approximate surface area is 140 Å². The maximum Gasteiger partial charge on any atom is 0.302 e. The monoisotopic (exact) mass is 324 g/mol. The predicted octanol–water partition coefficient (Wildman–Crippen LogP) is 3.95. The third-order valence-corrected chi connectivity index (χ3v) is 3.71. The van der Waals surface area contributed by atoms with E-state index in [1.165, 1.54) is 23.1 Å². The highest BCUT2D eigenvalue weighted by molar-refractivity contribution is 5.98. The summed E-state index contributed by atoms with van der Waals surface area (Å²) in [5.74, 6) is 0.528. The molecule has 0 aliphatic heterocycles. The van der Waals surface area contributed by atoms with Crippen molar-refractivity contribution in [3.63, 3.8) is 0 Å². The van der Waals surface area contributed by atoms with E-state index < -0.39 is 0 Å². The van der Waals surface area contributed by atoms with E-state index in [1.54, 1.807) is 0 Å². The zero-order valence-corrected chi connectivity index (χ0v) is 13.7. The molecule has 0 N–H and O–H groups in total. The van der Waals surface area contributed by atoms with Gasteiger partial charge in [-0.2, -0.15) is 0 Å². The van der Waals surface area contributed by atoms with Gasteiger partial charge in [0.1, 0.15) is 19.0 Å². The number of benzene rings is 3. The highest BCUT2D eigenvalue weighted by atomic mass is 16.6. The van der Waals surface area contributed by atoms with E-state index in [9.17, 15) is 4.79 Å². The van der Waals surface area contributed by atoms with Gasteiger partial charge < -0.3 is 14.2 Å². The lowest BCUT2D eigenvalue weighted by molar-refractivity contribution is -0.142. The second-order valence-electron chi connectivity index (χ2n) is 5.51. The standard InChI is InChI=1S/C20H20O4/c1-15(21)23-10-8-22-9-11-24-20-7-6-18-12-16-4-2-3-5-17(16)13-19(18)14-20/h2-7,12-14H,8-11H2,1H3. The van der Waals surface area contributed by atoms with Crippen molar-refractivity contribution in [1.29, 1.82) is 0 Å². The van der Waals surface area contributed by atoms with E-state index in [0.717, 1.165) is 11.1 Å². The molecule has 0 spiro atoms. The van der Waals surface area contributed by atoms with E-state index in [4.69, 9.17) is 14.2 Å². The third kappa shape index (κ3) is 4.24. The highest BCUT2D eigenvalue weighted by Gasteiger charge is 2.01. The van der Waals surface area contributed by atoms with Gasteiger partial charge in [-0.1, -0.05) is 30.3 Å². The molecule has 0 atom stereocenters. The van der Waals surface area contributed by atoms with Crippen LogP contribution in [0.5, 0.6) is 5.75 Å². The van der Waals surface area contributed by atoms with Crippen LogP contribution in [0.3, 0.4) is 0 Å². The van der Waals surface area contributed by atoms with Crippen LogP contribution < -0.4 is 4.74 Å². The first-order valence-corrected chi connectivity index (χ1v) is 7.99. The topological polar surface area (TPSA) is 44.8 Å². The maximum absolute atomic E-state index is 10.6. The van der Waals surface area contributed by atoms with Gasteiger partial charge in [-0.25, -0.2) is 0 Å². The minimum atomic E-state index is -0.293. The van der Waals surface area contributed by atoms with Crippen LogP contribution in [0.1, 0.15) is 6.92 Å².